The van der Waals surface area contributed by atoms with Crippen LogP contribution >= 0.6 is 0 Å². The Kier molecular flexibility index (Phi) is 4.64. The molecule has 0 aliphatic rings. The van der Waals surface area contributed by atoms with Gasteiger partial charge in [0.1, 0.15) is 0 Å². The smallest absolute Gasteiger partial charge is 0.238 e. The summed E-state index contributed by atoms with van der Waals surface area (Å²) < 4.78 is 22.4. The normalized spacial score (nSPS) is 15.5. The highest BCUT2D eigenvalue weighted by molar-refractivity contribution is 7.89. The Balaban J connectivity index is 2.92. The van der Waals surface area contributed by atoms with Crippen molar-refractivity contribution >= 4 is 10.0 Å². The molecule has 0 heterocycles. The third kappa shape index (κ3) is 4.08. The van der Waals surface area contributed by atoms with Gasteiger partial charge < -0.3 is 10.4 Å². The molecule has 0 saturated carbocycles. The highest BCUT2D eigenvalue weighted by Gasteiger charge is 2.12. The van der Waals surface area contributed by atoms with E-state index in [9.17, 15) is 8.42 Å². The molecule has 0 amide bonds. The van der Waals surface area contributed by atoms with E-state index in [2.05, 4.69) is 5.32 Å². The quantitative estimate of drug-likeness (QED) is 0.711. The second-order valence-corrected chi connectivity index (χ2v) is 5.65. The van der Waals surface area contributed by atoms with Crippen LogP contribution in [0.15, 0.2) is 29.2 Å². The third-order valence-electron chi connectivity index (χ3n) is 2.50. The maximum absolute atomic E-state index is 11.2. The van der Waals surface area contributed by atoms with Gasteiger partial charge in [0.2, 0.25) is 10.0 Å². The molecule has 0 aliphatic carbocycles. The fourth-order valence-electron chi connectivity index (χ4n) is 1.54. The summed E-state index contributed by atoms with van der Waals surface area (Å²) in [6.07, 6.45) is 0. The van der Waals surface area contributed by atoms with Crippen molar-refractivity contribution < 1.29 is 13.5 Å². The Hall–Kier alpha value is -0.950. The lowest BCUT2D eigenvalue weighted by Gasteiger charge is -2.19. The number of hydrogen-bond donors (Lipinski definition) is 3. The van der Waals surface area contributed by atoms with Crippen LogP contribution in [0.4, 0.5) is 0 Å². The summed E-state index contributed by atoms with van der Waals surface area (Å²) in [7, 11) is -3.67. The van der Waals surface area contributed by atoms with E-state index in [0.29, 0.717) is 0 Å². The van der Waals surface area contributed by atoms with E-state index < -0.39 is 10.0 Å². The standard InChI is InChI=1S/C11H18N2O3S/c1-8(7-14)13-9(2)10-4-3-5-11(6-10)17(12,15)16/h3-6,8-9,13-14H,7H2,1-2H3,(H2,12,15,16). The van der Waals surface area contributed by atoms with Crippen LogP contribution in [-0.2, 0) is 10.0 Å². The van der Waals surface area contributed by atoms with Crippen LogP contribution in [0, 0.1) is 0 Å². The zero-order chi connectivity index (χ0) is 13.1. The van der Waals surface area contributed by atoms with E-state index in [1.54, 1.807) is 6.07 Å². The van der Waals surface area contributed by atoms with E-state index in [0.717, 1.165) is 5.56 Å². The van der Waals surface area contributed by atoms with Gasteiger partial charge in [0.05, 0.1) is 11.5 Å². The zero-order valence-electron chi connectivity index (χ0n) is 9.92. The number of primary sulfonamides is 1. The summed E-state index contributed by atoms with van der Waals surface area (Å²) in [5, 5.41) is 17.1. The summed E-state index contributed by atoms with van der Waals surface area (Å²) in [6, 6.07) is 6.35. The van der Waals surface area contributed by atoms with Crippen molar-refractivity contribution in [2.45, 2.75) is 30.8 Å². The topological polar surface area (TPSA) is 92.4 Å². The number of sulfonamides is 1. The van der Waals surface area contributed by atoms with E-state index >= 15 is 0 Å². The molecular formula is C11H18N2O3S. The van der Waals surface area contributed by atoms with Gasteiger partial charge in [-0.1, -0.05) is 12.1 Å². The molecule has 4 N–H and O–H groups in total. The molecule has 1 rings (SSSR count). The Labute approximate surface area is 102 Å². The van der Waals surface area contributed by atoms with Crippen molar-refractivity contribution in [2.24, 2.45) is 5.14 Å². The molecule has 0 radical (unpaired) electrons. The molecule has 2 atom stereocenters. The number of rotatable bonds is 5. The minimum atomic E-state index is -3.67. The molecule has 0 aliphatic heterocycles. The minimum absolute atomic E-state index is 0.0270. The monoisotopic (exact) mass is 258 g/mol. The fourth-order valence-corrected chi connectivity index (χ4v) is 2.11. The lowest BCUT2D eigenvalue weighted by Crippen LogP contribution is -2.31. The average molecular weight is 258 g/mol. The predicted octanol–water partition coefficient (Wildman–Crippen LogP) is 0.365. The molecule has 0 spiro atoms. The highest BCUT2D eigenvalue weighted by atomic mass is 32.2. The predicted molar refractivity (Wildman–Crippen MR) is 65.9 cm³/mol. The van der Waals surface area contributed by atoms with Crippen molar-refractivity contribution in [1.29, 1.82) is 0 Å². The maximum atomic E-state index is 11.2. The van der Waals surface area contributed by atoms with Crippen LogP contribution in [-0.4, -0.2) is 26.2 Å². The van der Waals surface area contributed by atoms with Crippen LogP contribution in [0.1, 0.15) is 25.5 Å². The van der Waals surface area contributed by atoms with E-state index in [-0.39, 0.29) is 23.6 Å². The Bertz CT molecular complexity index is 473. The van der Waals surface area contributed by atoms with E-state index in [4.69, 9.17) is 10.2 Å². The number of aliphatic hydroxyl groups excluding tert-OH is 1. The molecule has 0 bridgehead atoms. The van der Waals surface area contributed by atoms with Gasteiger partial charge in [-0.25, -0.2) is 13.6 Å². The van der Waals surface area contributed by atoms with Crippen molar-refractivity contribution in [3.05, 3.63) is 29.8 Å². The molecule has 6 heteroatoms. The van der Waals surface area contributed by atoms with E-state index in [1.807, 2.05) is 19.9 Å². The Morgan fingerprint density at radius 3 is 2.59 bits per heavy atom. The van der Waals surface area contributed by atoms with Gasteiger partial charge in [-0.2, -0.15) is 0 Å². The molecule has 1 aromatic carbocycles. The van der Waals surface area contributed by atoms with Gasteiger partial charge in [-0.05, 0) is 31.5 Å². The van der Waals surface area contributed by atoms with Crippen LogP contribution in [0.3, 0.4) is 0 Å². The molecule has 0 saturated heterocycles. The second kappa shape index (κ2) is 5.59. The first-order valence-electron chi connectivity index (χ1n) is 5.34. The molecule has 5 nitrogen and oxygen atoms in total. The van der Waals surface area contributed by atoms with Gasteiger partial charge in [0.25, 0.3) is 0 Å². The number of nitrogens with one attached hydrogen (secondary N) is 1. The van der Waals surface area contributed by atoms with Crippen LogP contribution in [0.5, 0.6) is 0 Å². The van der Waals surface area contributed by atoms with Crippen LogP contribution < -0.4 is 10.5 Å². The van der Waals surface area contributed by atoms with Crippen molar-refractivity contribution in [3.8, 4) is 0 Å². The SMILES string of the molecule is CC(CO)NC(C)c1cccc(S(N)(=O)=O)c1. The molecular weight excluding hydrogens is 240 g/mol. The Morgan fingerprint density at radius 2 is 2.06 bits per heavy atom. The summed E-state index contributed by atoms with van der Waals surface area (Å²) in [4.78, 5) is 0.0975. The second-order valence-electron chi connectivity index (χ2n) is 4.09. The highest BCUT2D eigenvalue weighted by Crippen LogP contribution is 2.17. The number of nitrogens with two attached hydrogens (primary N) is 1. The first-order valence-corrected chi connectivity index (χ1v) is 6.89. The number of aliphatic hydroxyl groups is 1. The van der Waals surface area contributed by atoms with Gasteiger partial charge in [0, 0.05) is 12.1 Å². The Morgan fingerprint density at radius 1 is 1.41 bits per heavy atom. The summed E-state index contributed by atoms with van der Waals surface area (Å²) in [6.45, 7) is 3.77. The summed E-state index contributed by atoms with van der Waals surface area (Å²) in [5.41, 5.74) is 0.817. The summed E-state index contributed by atoms with van der Waals surface area (Å²) in [5.74, 6) is 0. The number of benzene rings is 1. The first-order chi connectivity index (χ1) is 7.84. The average Bonchev–Trinajstić information content (AvgIpc) is 2.28. The minimum Gasteiger partial charge on any atom is -0.395 e. The lowest BCUT2D eigenvalue weighted by molar-refractivity contribution is 0.243. The third-order valence-corrected chi connectivity index (χ3v) is 3.41. The summed E-state index contributed by atoms with van der Waals surface area (Å²) >= 11 is 0. The molecule has 0 fully saturated rings. The van der Waals surface area contributed by atoms with Crippen molar-refractivity contribution in [2.75, 3.05) is 6.61 Å². The molecule has 17 heavy (non-hydrogen) atoms. The number of hydrogen-bond acceptors (Lipinski definition) is 4. The fraction of sp³-hybridized carbons (Fsp3) is 0.455. The van der Waals surface area contributed by atoms with E-state index in [1.165, 1.54) is 12.1 Å². The van der Waals surface area contributed by atoms with Gasteiger partial charge in [-0.15, -0.1) is 0 Å². The molecule has 2 unspecified atom stereocenters. The van der Waals surface area contributed by atoms with Crippen LogP contribution in [0.25, 0.3) is 0 Å². The van der Waals surface area contributed by atoms with Crippen LogP contribution in [0.2, 0.25) is 0 Å². The van der Waals surface area contributed by atoms with Crippen molar-refractivity contribution in [3.63, 3.8) is 0 Å². The van der Waals surface area contributed by atoms with Gasteiger partial charge in [-0.3, -0.25) is 0 Å². The molecule has 1 aromatic rings. The zero-order valence-corrected chi connectivity index (χ0v) is 10.7. The first kappa shape index (κ1) is 14.1. The maximum Gasteiger partial charge on any atom is 0.238 e. The molecule has 0 aromatic heterocycles. The van der Waals surface area contributed by atoms with Gasteiger partial charge >= 0.3 is 0 Å². The van der Waals surface area contributed by atoms with Gasteiger partial charge in [0.15, 0.2) is 0 Å². The lowest BCUT2D eigenvalue weighted by atomic mass is 10.1. The molecule has 96 valence electrons. The van der Waals surface area contributed by atoms with Crippen molar-refractivity contribution in [1.82, 2.24) is 5.32 Å². The largest absolute Gasteiger partial charge is 0.395 e.